The molecule has 1 aliphatic rings. The Labute approximate surface area is 109 Å². The van der Waals surface area contributed by atoms with E-state index in [1.54, 1.807) is 0 Å². The lowest BCUT2D eigenvalue weighted by Crippen LogP contribution is -2.33. The van der Waals surface area contributed by atoms with E-state index in [1.807, 2.05) is 25.1 Å². The molecule has 0 atom stereocenters. The molecule has 1 heterocycles. The Hall–Kier alpha value is -0.730. The fourth-order valence-electron chi connectivity index (χ4n) is 2.19. The van der Waals surface area contributed by atoms with Crippen molar-refractivity contribution in [2.24, 2.45) is 0 Å². The van der Waals surface area contributed by atoms with Gasteiger partial charge in [0.05, 0.1) is 5.02 Å². The summed E-state index contributed by atoms with van der Waals surface area (Å²) >= 11 is 6.11. The topological polar surface area (TPSA) is 12.5 Å². The lowest BCUT2D eigenvalue weighted by Gasteiger charge is -2.26. The Morgan fingerprint density at radius 3 is 2.71 bits per heavy atom. The summed E-state index contributed by atoms with van der Waals surface area (Å²) in [6.07, 6.45) is 4.03. The van der Waals surface area contributed by atoms with E-state index in [-0.39, 0.29) is 0 Å². The number of benzene rings is 1. The van der Waals surface area contributed by atoms with Gasteiger partial charge in [-0.05, 0) is 50.6 Å². The second kappa shape index (κ2) is 6.27. The summed E-state index contributed by atoms with van der Waals surface area (Å²) in [7, 11) is 0. The van der Waals surface area contributed by atoms with E-state index in [9.17, 15) is 0 Å². The van der Waals surface area contributed by atoms with Crippen LogP contribution in [0.1, 0.15) is 24.8 Å². The van der Waals surface area contributed by atoms with E-state index in [4.69, 9.17) is 16.3 Å². The minimum Gasteiger partial charge on any atom is -0.491 e. The molecule has 3 heteroatoms. The van der Waals surface area contributed by atoms with Crippen molar-refractivity contribution in [2.75, 3.05) is 26.2 Å². The van der Waals surface area contributed by atoms with Crippen LogP contribution in [0, 0.1) is 6.92 Å². The standard InChI is InChI=1S/C14H20ClNO/c1-12-5-6-14(13(15)11-12)17-10-9-16-7-3-2-4-8-16/h5-6,11H,2-4,7-10H2,1H3. The molecule has 1 saturated heterocycles. The highest BCUT2D eigenvalue weighted by molar-refractivity contribution is 6.32. The Balaban J connectivity index is 1.77. The van der Waals surface area contributed by atoms with Gasteiger partial charge in [-0.1, -0.05) is 24.1 Å². The third-order valence-electron chi connectivity index (χ3n) is 3.20. The van der Waals surface area contributed by atoms with Gasteiger partial charge in [-0.2, -0.15) is 0 Å². The number of likely N-dealkylation sites (tertiary alicyclic amines) is 1. The summed E-state index contributed by atoms with van der Waals surface area (Å²) in [4.78, 5) is 2.46. The van der Waals surface area contributed by atoms with Gasteiger partial charge in [0.25, 0.3) is 0 Å². The van der Waals surface area contributed by atoms with Gasteiger partial charge in [-0.15, -0.1) is 0 Å². The molecular weight excluding hydrogens is 234 g/mol. The van der Waals surface area contributed by atoms with Crippen LogP contribution in [0.5, 0.6) is 5.75 Å². The van der Waals surface area contributed by atoms with Crippen LogP contribution in [-0.2, 0) is 0 Å². The molecule has 1 aromatic carbocycles. The highest BCUT2D eigenvalue weighted by Gasteiger charge is 2.09. The maximum Gasteiger partial charge on any atom is 0.137 e. The van der Waals surface area contributed by atoms with Gasteiger partial charge in [0.1, 0.15) is 12.4 Å². The second-order valence-electron chi connectivity index (χ2n) is 4.68. The van der Waals surface area contributed by atoms with Crippen molar-refractivity contribution in [3.8, 4) is 5.75 Å². The highest BCUT2D eigenvalue weighted by Crippen LogP contribution is 2.25. The van der Waals surface area contributed by atoms with Gasteiger partial charge in [0, 0.05) is 6.54 Å². The van der Waals surface area contributed by atoms with Gasteiger partial charge < -0.3 is 4.74 Å². The number of piperidine rings is 1. The first-order chi connectivity index (χ1) is 8.25. The Bertz CT molecular complexity index is 361. The summed E-state index contributed by atoms with van der Waals surface area (Å²) in [5.74, 6) is 0.800. The van der Waals surface area contributed by atoms with Crippen molar-refractivity contribution < 1.29 is 4.74 Å². The third kappa shape index (κ3) is 3.90. The fourth-order valence-corrected chi connectivity index (χ4v) is 2.48. The predicted octanol–water partition coefficient (Wildman–Crippen LogP) is 3.51. The molecule has 0 aliphatic carbocycles. The summed E-state index contributed by atoms with van der Waals surface area (Å²) in [6, 6.07) is 5.92. The van der Waals surface area contributed by atoms with Crippen LogP contribution in [0.4, 0.5) is 0 Å². The number of hydrogen-bond acceptors (Lipinski definition) is 2. The second-order valence-corrected chi connectivity index (χ2v) is 5.09. The molecule has 17 heavy (non-hydrogen) atoms. The Morgan fingerprint density at radius 2 is 2.00 bits per heavy atom. The fraction of sp³-hybridized carbons (Fsp3) is 0.571. The molecule has 2 rings (SSSR count). The smallest absolute Gasteiger partial charge is 0.137 e. The van der Waals surface area contributed by atoms with Crippen LogP contribution in [0.2, 0.25) is 5.02 Å². The van der Waals surface area contributed by atoms with Crippen LogP contribution in [0.15, 0.2) is 18.2 Å². The largest absolute Gasteiger partial charge is 0.491 e. The van der Waals surface area contributed by atoms with E-state index in [1.165, 1.54) is 37.9 Å². The molecule has 0 bridgehead atoms. The number of aryl methyl sites for hydroxylation is 1. The molecule has 0 unspecified atom stereocenters. The van der Waals surface area contributed by atoms with Gasteiger partial charge >= 0.3 is 0 Å². The first-order valence-corrected chi connectivity index (χ1v) is 6.75. The molecule has 0 spiro atoms. The predicted molar refractivity (Wildman–Crippen MR) is 72.0 cm³/mol. The maximum atomic E-state index is 6.11. The summed E-state index contributed by atoms with van der Waals surface area (Å²) in [5, 5.41) is 0.712. The average Bonchev–Trinajstić information content (AvgIpc) is 2.33. The quantitative estimate of drug-likeness (QED) is 0.814. The normalized spacial score (nSPS) is 17.1. The maximum absolute atomic E-state index is 6.11. The van der Waals surface area contributed by atoms with Crippen LogP contribution in [-0.4, -0.2) is 31.1 Å². The zero-order valence-corrected chi connectivity index (χ0v) is 11.2. The highest BCUT2D eigenvalue weighted by atomic mass is 35.5. The van der Waals surface area contributed by atoms with Crippen LogP contribution < -0.4 is 4.74 Å². The minimum atomic E-state index is 0.712. The first kappa shape index (κ1) is 12.7. The lowest BCUT2D eigenvalue weighted by atomic mass is 10.1. The molecule has 1 fully saturated rings. The lowest BCUT2D eigenvalue weighted by molar-refractivity contribution is 0.183. The van der Waals surface area contributed by atoms with Crippen molar-refractivity contribution in [3.05, 3.63) is 28.8 Å². The number of ether oxygens (including phenoxy) is 1. The molecule has 1 aromatic rings. The van der Waals surface area contributed by atoms with E-state index < -0.39 is 0 Å². The molecule has 94 valence electrons. The van der Waals surface area contributed by atoms with Crippen molar-refractivity contribution >= 4 is 11.6 Å². The molecule has 0 saturated carbocycles. The zero-order valence-electron chi connectivity index (χ0n) is 10.4. The summed E-state index contributed by atoms with van der Waals surface area (Å²) in [5.41, 5.74) is 1.17. The SMILES string of the molecule is Cc1ccc(OCCN2CCCCC2)c(Cl)c1. The van der Waals surface area contributed by atoms with Crippen molar-refractivity contribution in [1.29, 1.82) is 0 Å². The third-order valence-corrected chi connectivity index (χ3v) is 3.50. The van der Waals surface area contributed by atoms with Gasteiger partial charge in [-0.3, -0.25) is 4.90 Å². The minimum absolute atomic E-state index is 0.712. The Morgan fingerprint density at radius 1 is 1.24 bits per heavy atom. The Kier molecular flexibility index (Phi) is 4.69. The van der Waals surface area contributed by atoms with Crippen molar-refractivity contribution in [3.63, 3.8) is 0 Å². The molecule has 0 radical (unpaired) electrons. The van der Waals surface area contributed by atoms with Crippen LogP contribution >= 0.6 is 11.6 Å². The average molecular weight is 254 g/mol. The number of nitrogens with zero attached hydrogens (tertiary/aromatic N) is 1. The molecule has 0 N–H and O–H groups in total. The van der Waals surface area contributed by atoms with Gasteiger partial charge in [-0.25, -0.2) is 0 Å². The summed E-state index contributed by atoms with van der Waals surface area (Å²) in [6.45, 7) is 6.19. The van der Waals surface area contributed by atoms with Crippen molar-refractivity contribution in [1.82, 2.24) is 4.90 Å². The van der Waals surface area contributed by atoms with E-state index >= 15 is 0 Å². The molecule has 0 aromatic heterocycles. The molecule has 0 amide bonds. The first-order valence-electron chi connectivity index (χ1n) is 6.37. The van der Waals surface area contributed by atoms with Crippen molar-refractivity contribution in [2.45, 2.75) is 26.2 Å². The molecular formula is C14H20ClNO. The number of halogens is 1. The van der Waals surface area contributed by atoms with Crippen LogP contribution in [0.25, 0.3) is 0 Å². The van der Waals surface area contributed by atoms with E-state index in [2.05, 4.69) is 4.90 Å². The number of rotatable bonds is 4. The molecule has 2 nitrogen and oxygen atoms in total. The van der Waals surface area contributed by atoms with Crippen LogP contribution in [0.3, 0.4) is 0 Å². The van der Waals surface area contributed by atoms with Gasteiger partial charge in [0.2, 0.25) is 0 Å². The van der Waals surface area contributed by atoms with E-state index in [0.29, 0.717) is 5.02 Å². The zero-order chi connectivity index (χ0) is 12.1. The summed E-state index contributed by atoms with van der Waals surface area (Å²) < 4.78 is 5.72. The number of hydrogen-bond donors (Lipinski definition) is 0. The molecule has 1 aliphatic heterocycles. The van der Waals surface area contributed by atoms with E-state index in [0.717, 1.165) is 18.9 Å². The van der Waals surface area contributed by atoms with Gasteiger partial charge in [0.15, 0.2) is 0 Å². The monoisotopic (exact) mass is 253 g/mol.